The van der Waals surface area contributed by atoms with E-state index in [1.807, 2.05) is 0 Å². The maximum atomic E-state index is 7.81. The van der Waals surface area contributed by atoms with Crippen LogP contribution >= 0.6 is 0 Å². The Hall–Kier alpha value is 3.99. The van der Waals surface area contributed by atoms with Crippen LogP contribution in [-0.2, 0) is 47.4 Å². The molecule has 0 amide bonds. The molecule has 5 heteroatoms. The van der Waals surface area contributed by atoms with Crippen molar-refractivity contribution in [2.45, 2.75) is 0 Å². The Balaban J connectivity index is -0.00000000167. The third-order valence-corrected chi connectivity index (χ3v) is 0. The molecule has 0 bridgehead atoms. The van der Waals surface area contributed by atoms with Crippen molar-refractivity contribution in [2.24, 2.45) is 0 Å². The minimum absolute atomic E-state index is 0. The Morgan fingerprint density at radius 1 is 1.20 bits per heavy atom. The summed E-state index contributed by atoms with van der Waals surface area (Å²) in [7, 11) is 0. The predicted molar refractivity (Wildman–Crippen MR) is 17.8 cm³/mol. The summed E-state index contributed by atoms with van der Waals surface area (Å²) in [5, 5.41) is 0. The van der Waals surface area contributed by atoms with Crippen LogP contribution in [0, 0.1) is 0 Å². The Morgan fingerprint density at radius 3 is 1.20 bits per heavy atom. The van der Waals surface area contributed by atoms with Crippen LogP contribution in [0.15, 0.2) is 0 Å². The minimum atomic E-state index is 0. The van der Waals surface area contributed by atoms with Crippen molar-refractivity contribution in [1.82, 2.24) is 0 Å². The third kappa shape index (κ3) is 18.0. The summed E-state index contributed by atoms with van der Waals surface area (Å²) in [6, 6.07) is 0. The summed E-state index contributed by atoms with van der Waals surface area (Å²) in [6.45, 7) is 0. The summed E-state index contributed by atoms with van der Waals surface area (Å²) in [6.07, 6.45) is 0. The number of rotatable bonds is 0. The average molecular weight is 412 g/mol. The van der Waals surface area contributed by atoms with Gasteiger partial charge >= 0.3 is 103 Å². The van der Waals surface area contributed by atoms with Crippen LogP contribution in [0.2, 0.25) is 0 Å². The summed E-state index contributed by atoms with van der Waals surface area (Å²) >= 11 is 2.94. The van der Waals surface area contributed by atoms with Crippen molar-refractivity contribution in [3.8, 4) is 0 Å². The van der Waals surface area contributed by atoms with E-state index in [0.29, 0.717) is 0 Å². The quantitative estimate of drug-likeness (QED) is 0.423. The van der Waals surface area contributed by atoms with E-state index in [1.165, 1.54) is 0 Å². The van der Waals surface area contributed by atoms with Crippen LogP contribution in [-0.4, -0.2) is 83.2 Å². The zero-order valence-electron chi connectivity index (χ0n) is 1.42. The van der Waals surface area contributed by atoms with Gasteiger partial charge in [0.05, 0.1) is 0 Å². The molecule has 0 radical (unpaired) electrons. The molecule has 0 aromatic heterocycles. The first-order chi connectivity index (χ1) is 1.00. The van der Waals surface area contributed by atoms with Crippen molar-refractivity contribution in [3.63, 3.8) is 0 Å². The molecular formula is H4CaCuHgOSr. The molecule has 0 aliphatic rings. The first-order valence-corrected chi connectivity index (χ1v) is 0.508. The number of hydrogen-bond donors (Lipinski definition) is 0. The van der Waals surface area contributed by atoms with Gasteiger partial charge in [-0.25, -0.2) is 0 Å². The molecule has 0 saturated carbocycles. The van der Waals surface area contributed by atoms with Crippen LogP contribution in [0.1, 0.15) is 0 Å². The van der Waals surface area contributed by atoms with Crippen LogP contribution in [0.5, 0.6) is 0 Å². The fourth-order valence-electron chi connectivity index (χ4n) is 0. The maximum absolute atomic E-state index is 7.81. The van der Waals surface area contributed by atoms with Gasteiger partial charge in [-0.2, -0.15) is 0 Å². The monoisotopic (exact) mass is 413 g/mol. The normalized spacial score (nSPS) is 1.20. The first kappa shape index (κ1) is 23.0. The Kier molecular flexibility index (Phi) is 113. The fraction of sp³-hybridized carbons (Fsp3) is 0. The van der Waals surface area contributed by atoms with Gasteiger partial charge in [0.1, 0.15) is 0 Å². The molecule has 0 rings (SSSR count). The molecule has 0 aliphatic heterocycles. The van der Waals surface area contributed by atoms with E-state index in [2.05, 4.69) is 15.9 Å². The second-order valence-corrected chi connectivity index (χ2v) is 0. The molecular weight excluding hydrogens is 408 g/mol. The van der Waals surface area contributed by atoms with E-state index in [-0.39, 0.29) is 111 Å². The van der Waals surface area contributed by atoms with Crippen LogP contribution in [0.25, 0.3) is 0 Å². The van der Waals surface area contributed by atoms with E-state index >= 15 is 0 Å². The average Bonchev–Trinajstić information content (AvgIpc) is 1.00. The van der Waals surface area contributed by atoms with Gasteiger partial charge in [0, 0.05) is 27.7 Å². The van der Waals surface area contributed by atoms with Crippen molar-refractivity contribution < 1.29 is 47.4 Å². The molecule has 0 unspecified atom stereocenters. The van der Waals surface area contributed by atoms with E-state index in [9.17, 15) is 0 Å². The molecule has 1 nitrogen and oxygen atoms in total. The molecule has 0 N–H and O–H groups in total. The van der Waals surface area contributed by atoms with Gasteiger partial charge in [0.2, 0.25) is 0 Å². The van der Waals surface area contributed by atoms with Gasteiger partial charge < -0.3 is 0 Å². The second kappa shape index (κ2) is 24.5. The molecule has 0 heterocycles. The molecule has 0 aliphatic carbocycles. The van der Waals surface area contributed by atoms with Crippen molar-refractivity contribution in [1.29, 1.82) is 0 Å². The van der Waals surface area contributed by atoms with E-state index in [0.717, 1.165) is 0 Å². The zero-order valence-corrected chi connectivity index (χ0v) is 7.86. The van der Waals surface area contributed by atoms with Gasteiger partial charge in [0.25, 0.3) is 0 Å². The molecule has 5 heavy (non-hydrogen) atoms. The Bertz CT molecular complexity index is 11.6. The van der Waals surface area contributed by atoms with E-state index in [1.54, 1.807) is 0 Å². The molecule has 0 aromatic carbocycles. The van der Waals surface area contributed by atoms with Crippen LogP contribution in [0.3, 0.4) is 0 Å². The molecule has 0 spiro atoms. The van der Waals surface area contributed by atoms with Gasteiger partial charge in [-0.3, -0.25) is 0 Å². The topological polar surface area (TPSA) is 17.1 Å². The second-order valence-electron chi connectivity index (χ2n) is 0. The van der Waals surface area contributed by atoms with E-state index in [4.69, 9.17) is 3.83 Å². The fourth-order valence-corrected chi connectivity index (χ4v) is 0. The molecule has 0 saturated heterocycles. The van der Waals surface area contributed by atoms with E-state index < -0.39 is 0 Å². The Labute approximate surface area is 127 Å². The first-order valence-electron chi connectivity index (χ1n) is 0.123. The Morgan fingerprint density at radius 2 is 1.20 bits per heavy atom. The van der Waals surface area contributed by atoms with Crippen molar-refractivity contribution >= 4 is 83.2 Å². The van der Waals surface area contributed by atoms with Crippen molar-refractivity contribution in [2.75, 3.05) is 0 Å². The molecule has 0 atom stereocenters. The number of hydrogen-bond acceptors (Lipinski definition) is 1. The zero-order chi connectivity index (χ0) is 2.00. The third-order valence-electron chi connectivity index (χ3n) is 0. The summed E-state index contributed by atoms with van der Waals surface area (Å²) in [5.74, 6) is 0. The summed E-state index contributed by atoms with van der Waals surface area (Å²) in [4.78, 5) is 0. The summed E-state index contributed by atoms with van der Waals surface area (Å²) < 4.78 is 7.81. The van der Waals surface area contributed by atoms with Crippen LogP contribution < -0.4 is 0 Å². The standard InChI is InChI=1S/Ca.Cu.Hg.O.Sr.4H. The van der Waals surface area contributed by atoms with Crippen molar-refractivity contribution in [3.05, 3.63) is 0 Å². The SMILES string of the molecule is [CaH2].[Hg].[O]=[Cu].[SrH2]. The molecule has 27 valence electrons. The molecule has 0 fully saturated rings. The molecule has 0 aromatic rings. The summed E-state index contributed by atoms with van der Waals surface area (Å²) in [5.41, 5.74) is 0. The van der Waals surface area contributed by atoms with Gasteiger partial charge in [0.15, 0.2) is 0 Å². The predicted octanol–water partition coefficient (Wildman–Crippen LogP) is -1.96. The van der Waals surface area contributed by atoms with Crippen LogP contribution in [0.4, 0.5) is 0 Å². The van der Waals surface area contributed by atoms with Gasteiger partial charge in [-0.05, 0) is 0 Å². The van der Waals surface area contributed by atoms with Gasteiger partial charge in [-0.1, -0.05) is 0 Å². The van der Waals surface area contributed by atoms with Gasteiger partial charge in [-0.15, -0.1) is 0 Å².